The van der Waals surface area contributed by atoms with Gasteiger partial charge in [-0.15, -0.1) is 0 Å². The highest BCUT2D eigenvalue weighted by Gasteiger charge is 2.31. The zero-order chi connectivity index (χ0) is 14.8. The van der Waals surface area contributed by atoms with E-state index in [1.807, 2.05) is 7.11 Å². The van der Waals surface area contributed by atoms with Crippen LogP contribution in [0.5, 0.6) is 0 Å². The third-order valence-corrected chi connectivity index (χ3v) is 4.57. The summed E-state index contributed by atoms with van der Waals surface area (Å²) in [5.74, 6) is 0. The molecule has 1 heterocycles. The van der Waals surface area contributed by atoms with Crippen molar-refractivity contribution < 1.29 is 4.74 Å². The fourth-order valence-corrected chi connectivity index (χ4v) is 3.36. The highest BCUT2D eigenvalue weighted by atomic mass is 79.9. The molecule has 2 atom stereocenters. The standard InChI is InChI=1S/C16H25BrN2O/c1-12(18)9-13-10-14(17)5-6-15(13)19-8-4-7-16(2,11-19)20-3/h5-6,10,12H,4,7-9,11,18H2,1-3H3. The van der Waals surface area contributed by atoms with Gasteiger partial charge in [0.2, 0.25) is 0 Å². The Morgan fingerprint density at radius 3 is 2.90 bits per heavy atom. The number of nitrogens with zero attached hydrogens (tertiary/aromatic N) is 1. The highest BCUT2D eigenvalue weighted by Crippen LogP contribution is 2.32. The van der Waals surface area contributed by atoms with Crippen LogP contribution in [0.3, 0.4) is 0 Å². The Bertz CT molecular complexity index is 464. The van der Waals surface area contributed by atoms with Gasteiger partial charge in [0.25, 0.3) is 0 Å². The number of hydrogen-bond donors (Lipinski definition) is 1. The summed E-state index contributed by atoms with van der Waals surface area (Å²) in [6, 6.07) is 6.67. The molecule has 1 aromatic rings. The molecule has 0 amide bonds. The lowest BCUT2D eigenvalue weighted by Crippen LogP contribution is -2.47. The molecule has 2 rings (SSSR count). The molecule has 4 heteroatoms. The average molecular weight is 341 g/mol. The van der Waals surface area contributed by atoms with Gasteiger partial charge in [0.05, 0.1) is 5.60 Å². The number of piperidine rings is 1. The lowest BCUT2D eigenvalue weighted by molar-refractivity contribution is -0.00468. The molecule has 0 radical (unpaired) electrons. The summed E-state index contributed by atoms with van der Waals surface area (Å²) in [5.41, 5.74) is 8.56. The van der Waals surface area contributed by atoms with Crippen LogP contribution < -0.4 is 10.6 Å². The predicted molar refractivity (Wildman–Crippen MR) is 88.4 cm³/mol. The molecule has 3 nitrogen and oxygen atoms in total. The first-order valence-electron chi connectivity index (χ1n) is 7.28. The Kier molecular flexibility index (Phi) is 5.10. The van der Waals surface area contributed by atoms with E-state index < -0.39 is 0 Å². The van der Waals surface area contributed by atoms with Crippen LogP contribution >= 0.6 is 15.9 Å². The smallest absolute Gasteiger partial charge is 0.0825 e. The van der Waals surface area contributed by atoms with Crippen LogP contribution in [-0.2, 0) is 11.2 Å². The van der Waals surface area contributed by atoms with Gasteiger partial charge in [-0.2, -0.15) is 0 Å². The second-order valence-corrected chi connectivity index (χ2v) is 7.05. The number of methoxy groups -OCH3 is 1. The number of benzene rings is 1. The SMILES string of the molecule is COC1(C)CCCN(c2ccc(Br)cc2CC(C)N)C1. The number of anilines is 1. The molecule has 2 N–H and O–H groups in total. The molecule has 0 spiro atoms. The number of ether oxygens (including phenoxy) is 1. The van der Waals surface area contributed by atoms with Crippen molar-refractivity contribution in [3.05, 3.63) is 28.2 Å². The fraction of sp³-hybridized carbons (Fsp3) is 0.625. The molecule has 2 unspecified atom stereocenters. The van der Waals surface area contributed by atoms with E-state index in [1.54, 1.807) is 0 Å². The van der Waals surface area contributed by atoms with Crippen molar-refractivity contribution in [3.8, 4) is 0 Å². The van der Waals surface area contributed by atoms with Crippen LogP contribution in [0.4, 0.5) is 5.69 Å². The third-order valence-electron chi connectivity index (χ3n) is 4.08. The topological polar surface area (TPSA) is 38.5 Å². The number of hydrogen-bond acceptors (Lipinski definition) is 3. The Morgan fingerprint density at radius 1 is 1.50 bits per heavy atom. The average Bonchev–Trinajstić information content (AvgIpc) is 2.38. The molecule has 0 aliphatic carbocycles. The first kappa shape index (κ1) is 15.8. The zero-order valence-corrected chi connectivity index (χ0v) is 14.2. The minimum Gasteiger partial charge on any atom is -0.377 e. The zero-order valence-electron chi connectivity index (χ0n) is 12.7. The molecule has 112 valence electrons. The van der Waals surface area contributed by atoms with E-state index in [1.165, 1.54) is 11.3 Å². The number of rotatable bonds is 4. The maximum atomic E-state index is 5.99. The normalized spacial score (nSPS) is 24.8. The van der Waals surface area contributed by atoms with Gasteiger partial charge in [0, 0.05) is 36.4 Å². The quantitative estimate of drug-likeness (QED) is 0.913. The van der Waals surface area contributed by atoms with Crippen molar-refractivity contribution in [3.63, 3.8) is 0 Å². The molecule has 1 fully saturated rings. The van der Waals surface area contributed by atoms with E-state index in [0.29, 0.717) is 0 Å². The van der Waals surface area contributed by atoms with Crippen LogP contribution in [-0.4, -0.2) is 31.8 Å². The van der Waals surface area contributed by atoms with E-state index in [4.69, 9.17) is 10.5 Å². The summed E-state index contributed by atoms with van der Waals surface area (Å²) in [6.07, 6.45) is 3.19. The van der Waals surface area contributed by atoms with Crippen LogP contribution in [0.25, 0.3) is 0 Å². The molecule has 1 aliphatic heterocycles. The van der Waals surface area contributed by atoms with Crippen molar-refractivity contribution in [1.29, 1.82) is 0 Å². The molecule has 1 aliphatic rings. The van der Waals surface area contributed by atoms with E-state index in [-0.39, 0.29) is 11.6 Å². The van der Waals surface area contributed by atoms with Crippen LogP contribution in [0.1, 0.15) is 32.3 Å². The van der Waals surface area contributed by atoms with Gasteiger partial charge in [-0.05, 0) is 56.9 Å². The van der Waals surface area contributed by atoms with Crippen molar-refractivity contribution >= 4 is 21.6 Å². The minimum atomic E-state index is -0.0447. The Morgan fingerprint density at radius 2 is 2.25 bits per heavy atom. The predicted octanol–water partition coefficient (Wildman–Crippen LogP) is 3.34. The maximum Gasteiger partial charge on any atom is 0.0825 e. The maximum absolute atomic E-state index is 5.99. The molecular weight excluding hydrogens is 316 g/mol. The van der Waals surface area contributed by atoms with Gasteiger partial charge in [0.1, 0.15) is 0 Å². The summed E-state index contributed by atoms with van der Waals surface area (Å²) in [6.45, 7) is 6.28. The number of nitrogens with two attached hydrogens (primary N) is 1. The van der Waals surface area contributed by atoms with E-state index in [0.717, 1.165) is 36.8 Å². The summed E-state index contributed by atoms with van der Waals surface area (Å²) in [7, 11) is 1.81. The first-order chi connectivity index (χ1) is 9.43. The highest BCUT2D eigenvalue weighted by molar-refractivity contribution is 9.10. The largest absolute Gasteiger partial charge is 0.377 e. The van der Waals surface area contributed by atoms with Gasteiger partial charge in [-0.1, -0.05) is 15.9 Å². The van der Waals surface area contributed by atoms with Crippen LogP contribution in [0.2, 0.25) is 0 Å². The monoisotopic (exact) mass is 340 g/mol. The Labute approximate surface area is 130 Å². The molecule has 0 saturated carbocycles. The van der Waals surface area contributed by atoms with Gasteiger partial charge in [-0.3, -0.25) is 0 Å². The van der Waals surface area contributed by atoms with E-state index >= 15 is 0 Å². The molecule has 1 saturated heterocycles. The molecule has 0 bridgehead atoms. The van der Waals surface area contributed by atoms with Gasteiger partial charge in [-0.25, -0.2) is 0 Å². The third kappa shape index (κ3) is 3.74. The summed E-state index contributed by atoms with van der Waals surface area (Å²) < 4.78 is 6.81. The van der Waals surface area contributed by atoms with Crippen molar-refractivity contribution in [1.82, 2.24) is 0 Å². The van der Waals surface area contributed by atoms with E-state index in [9.17, 15) is 0 Å². The van der Waals surface area contributed by atoms with Crippen molar-refractivity contribution in [2.75, 3.05) is 25.1 Å². The van der Waals surface area contributed by atoms with Crippen LogP contribution in [0, 0.1) is 0 Å². The number of halogens is 1. The second kappa shape index (κ2) is 6.46. The Hall–Kier alpha value is -0.580. The van der Waals surface area contributed by atoms with Gasteiger partial charge in [0.15, 0.2) is 0 Å². The first-order valence-corrected chi connectivity index (χ1v) is 8.07. The second-order valence-electron chi connectivity index (χ2n) is 6.13. The lowest BCUT2D eigenvalue weighted by Gasteiger charge is -2.41. The molecule has 0 aromatic heterocycles. The summed E-state index contributed by atoms with van der Waals surface area (Å²) in [5, 5.41) is 0. The van der Waals surface area contributed by atoms with Crippen molar-refractivity contribution in [2.24, 2.45) is 5.73 Å². The van der Waals surface area contributed by atoms with E-state index in [2.05, 4.69) is 52.9 Å². The molecular formula is C16H25BrN2O. The summed E-state index contributed by atoms with van der Waals surface area (Å²) >= 11 is 3.56. The molecule has 1 aromatic carbocycles. The molecule has 20 heavy (non-hydrogen) atoms. The minimum absolute atomic E-state index is 0.0447. The lowest BCUT2D eigenvalue weighted by atomic mass is 9.93. The Balaban J connectivity index is 2.27. The van der Waals surface area contributed by atoms with Gasteiger partial charge < -0.3 is 15.4 Å². The van der Waals surface area contributed by atoms with Crippen molar-refractivity contribution in [2.45, 2.75) is 44.8 Å². The fourth-order valence-electron chi connectivity index (χ4n) is 2.95. The van der Waals surface area contributed by atoms with Crippen LogP contribution in [0.15, 0.2) is 22.7 Å². The summed E-state index contributed by atoms with van der Waals surface area (Å²) in [4.78, 5) is 2.44. The van der Waals surface area contributed by atoms with Gasteiger partial charge >= 0.3 is 0 Å².